The molecule has 0 spiro atoms. The molecule has 2 rings (SSSR count). The first-order chi connectivity index (χ1) is 9.32. The summed E-state index contributed by atoms with van der Waals surface area (Å²) in [5.74, 6) is 0.676. The van der Waals surface area contributed by atoms with Crippen LogP contribution in [0, 0.1) is 16.7 Å². The summed E-state index contributed by atoms with van der Waals surface area (Å²) in [6.07, 6.45) is 6.39. The van der Waals surface area contributed by atoms with Crippen molar-refractivity contribution in [1.82, 2.24) is 0 Å². The molecule has 3 atom stereocenters. The van der Waals surface area contributed by atoms with Crippen LogP contribution in [0.25, 0.3) is 0 Å². The van der Waals surface area contributed by atoms with Crippen molar-refractivity contribution < 1.29 is 9.22 Å². The van der Waals surface area contributed by atoms with E-state index in [0.29, 0.717) is 5.92 Å². The highest BCUT2D eigenvalue weighted by Crippen LogP contribution is 2.57. The monoisotopic (exact) mass is 308 g/mol. The van der Waals surface area contributed by atoms with Gasteiger partial charge in [-0.15, -0.1) is 0 Å². The van der Waals surface area contributed by atoms with E-state index in [-0.39, 0.29) is 27.8 Å². The Hall–Kier alpha value is -0.413. The van der Waals surface area contributed by atoms with Gasteiger partial charge in [0.1, 0.15) is 0 Å². The first kappa shape index (κ1) is 16.9. The first-order valence-corrected chi connectivity index (χ1v) is 11.1. The summed E-state index contributed by atoms with van der Waals surface area (Å²) < 4.78 is 6.74. The summed E-state index contributed by atoms with van der Waals surface area (Å²) in [4.78, 5) is 12.2. The topological polar surface area (TPSA) is 26.3 Å². The maximum absolute atomic E-state index is 12.2. The van der Waals surface area contributed by atoms with E-state index in [1.165, 1.54) is 0 Å². The second-order valence-electron chi connectivity index (χ2n) is 9.28. The molecule has 0 aromatic rings. The zero-order chi connectivity index (χ0) is 16.3. The Kier molecular flexibility index (Phi) is 3.87. The third-order valence-electron chi connectivity index (χ3n) is 6.51. The number of hydrogen-bond donors (Lipinski definition) is 0. The summed E-state index contributed by atoms with van der Waals surface area (Å²) in [5, 5.41) is 0.227. The quantitative estimate of drug-likeness (QED) is 0.674. The van der Waals surface area contributed by atoms with Crippen LogP contribution in [0.3, 0.4) is 0 Å². The van der Waals surface area contributed by atoms with Crippen LogP contribution in [-0.4, -0.2) is 20.2 Å². The van der Waals surface area contributed by atoms with Crippen molar-refractivity contribution in [1.29, 1.82) is 0 Å². The summed E-state index contributed by atoms with van der Waals surface area (Å²) in [6, 6.07) is 0. The van der Waals surface area contributed by atoms with Gasteiger partial charge in [-0.3, -0.25) is 4.79 Å². The van der Waals surface area contributed by atoms with Gasteiger partial charge in [0.25, 0.3) is 0 Å². The van der Waals surface area contributed by atoms with Gasteiger partial charge in [-0.25, -0.2) is 0 Å². The van der Waals surface area contributed by atoms with E-state index in [2.05, 4.69) is 60.7 Å². The molecule has 0 aromatic heterocycles. The van der Waals surface area contributed by atoms with Crippen molar-refractivity contribution in [3.63, 3.8) is 0 Å². The molecule has 2 aliphatic carbocycles. The average Bonchev–Trinajstić information content (AvgIpc) is 2.62. The zero-order valence-electron chi connectivity index (χ0n) is 15.0. The molecule has 0 aromatic carbocycles. The second kappa shape index (κ2) is 4.79. The smallest absolute Gasteiger partial charge is 0.192 e. The van der Waals surface area contributed by atoms with Crippen LogP contribution in [0.15, 0.2) is 12.2 Å². The molecule has 0 saturated heterocycles. The molecule has 1 unspecified atom stereocenters. The number of allylic oxidation sites excluding steroid dienone is 1. The number of fused-ring (bicyclic) bond motifs is 1. The Balaban J connectivity index is 2.30. The van der Waals surface area contributed by atoms with Gasteiger partial charge >= 0.3 is 0 Å². The molecular formula is C18H32O2Si. The van der Waals surface area contributed by atoms with E-state index >= 15 is 0 Å². The summed E-state index contributed by atoms with van der Waals surface area (Å²) in [7, 11) is -1.78. The molecule has 0 aliphatic heterocycles. The molecular weight excluding hydrogens is 276 g/mol. The van der Waals surface area contributed by atoms with Gasteiger partial charge in [0.05, 0.1) is 6.10 Å². The molecule has 0 amide bonds. The fourth-order valence-corrected chi connectivity index (χ4v) is 5.32. The predicted octanol–water partition coefficient (Wildman–Crippen LogP) is 4.96. The van der Waals surface area contributed by atoms with Crippen LogP contribution in [0.5, 0.6) is 0 Å². The van der Waals surface area contributed by atoms with Crippen LogP contribution >= 0.6 is 0 Å². The highest BCUT2D eigenvalue weighted by molar-refractivity contribution is 6.74. The zero-order valence-corrected chi connectivity index (χ0v) is 16.0. The lowest BCUT2D eigenvalue weighted by Gasteiger charge is -2.47. The normalized spacial score (nSPS) is 35.9. The molecule has 0 bridgehead atoms. The average molecular weight is 309 g/mol. The van der Waals surface area contributed by atoms with E-state index < -0.39 is 8.32 Å². The number of hydrogen-bond acceptors (Lipinski definition) is 2. The molecule has 0 N–H and O–H groups in total. The Labute approximate surface area is 131 Å². The van der Waals surface area contributed by atoms with Gasteiger partial charge in [0, 0.05) is 10.8 Å². The molecule has 21 heavy (non-hydrogen) atoms. The van der Waals surface area contributed by atoms with E-state index in [4.69, 9.17) is 4.43 Å². The Morgan fingerprint density at radius 3 is 2.29 bits per heavy atom. The molecule has 0 heterocycles. The maximum Gasteiger partial charge on any atom is 0.192 e. The highest BCUT2D eigenvalue weighted by atomic mass is 28.4. The summed E-state index contributed by atoms with van der Waals surface area (Å²) in [5.41, 5.74) is -0.248. The van der Waals surface area contributed by atoms with Crippen molar-refractivity contribution in [3.8, 4) is 0 Å². The Morgan fingerprint density at radius 1 is 1.19 bits per heavy atom. The molecule has 3 heteroatoms. The lowest BCUT2D eigenvalue weighted by molar-refractivity contribution is -0.128. The van der Waals surface area contributed by atoms with Crippen LogP contribution in [0.1, 0.15) is 54.4 Å². The SMILES string of the molecule is CC1(C)C(=O)C=C[C@]2(C)C(O[Si](C)(C)C(C)(C)C)CC[C@@H]12. The Bertz CT molecular complexity index is 470. The van der Waals surface area contributed by atoms with Crippen molar-refractivity contribution in [2.24, 2.45) is 16.7 Å². The first-order valence-electron chi connectivity index (χ1n) is 8.24. The third kappa shape index (κ3) is 2.57. The van der Waals surface area contributed by atoms with Gasteiger partial charge in [0.2, 0.25) is 0 Å². The molecule has 2 nitrogen and oxygen atoms in total. The van der Waals surface area contributed by atoms with Gasteiger partial charge in [-0.05, 0) is 43.0 Å². The second-order valence-corrected chi connectivity index (χ2v) is 14.0. The highest BCUT2D eigenvalue weighted by Gasteiger charge is 2.57. The molecule has 0 radical (unpaired) electrons. The number of carbonyl (C=O) groups excluding carboxylic acids is 1. The lowest BCUT2D eigenvalue weighted by atomic mass is 9.60. The van der Waals surface area contributed by atoms with E-state index in [1.807, 2.05) is 6.08 Å². The van der Waals surface area contributed by atoms with Gasteiger partial charge in [-0.2, -0.15) is 0 Å². The summed E-state index contributed by atoms with van der Waals surface area (Å²) in [6.45, 7) is 18.0. The fourth-order valence-electron chi connectivity index (χ4n) is 3.89. The lowest BCUT2D eigenvalue weighted by Crippen LogP contribution is -2.50. The maximum atomic E-state index is 12.2. The van der Waals surface area contributed by atoms with Crippen molar-refractivity contribution in [2.75, 3.05) is 0 Å². The largest absolute Gasteiger partial charge is 0.413 e. The minimum Gasteiger partial charge on any atom is -0.413 e. The van der Waals surface area contributed by atoms with Crippen LogP contribution in [0.4, 0.5) is 0 Å². The third-order valence-corrected chi connectivity index (χ3v) is 11.0. The number of rotatable bonds is 2. The van der Waals surface area contributed by atoms with Gasteiger partial charge in [-0.1, -0.05) is 47.6 Å². The van der Waals surface area contributed by atoms with E-state index in [1.54, 1.807) is 0 Å². The van der Waals surface area contributed by atoms with Crippen molar-refractivity contribution in [3.05, 3.63) is 12.2 Å². The standard InChI is InChI=1S/C18H32O2Si/c1-16(2,3)21(7,8)20-15-10-9-13-17(4,5)14(19)11-12-18(13,15)6/h11-13,15H,9-10H2,1-8H3/t13-,15?,18-/m0/s1. The predicted molar refractivity (Wildman–Crippen MR) is 90.8 cm³/mol. The minimum absolute atomic E-state index is 0.00688. The number of ketones is 1. The van der Waals surface area contributed by atoms with Crippen LogP contribution in [0.2, 0.25) is 18.1 Å². The van der Waals surface area contributed by atoms with Crippen LogP contribution < -0.4 is 0 Å². The fraction of sp³-hybridized carbons (Fsp3) is 0.833. The Morgan fingerprint density at radius 2 is 1.76 bits per heavy atom. The molecule has 120 valence electrons. The molecule has 2 aliphatic rings. The molecule has 1 fully saturated rings. The molecule has 1 saturated carbocycles. The van der Waals surface area contributed by atoms with Gasteiger partial charge < -0.3 is 4.43 Å². The van der Waals surface area contributed by atoms with Crippen LogP contribution in [-0.2, 0) is 9.22 Å². The van der Waals surface area contributed by atoms with Crippen molar-refractivity contribution >= 4 is 14.1 Å². The van der Waals surface area contributed by atoms with Gasteiger partial charge in [0.15, 0.2) is 14.1 Å². The number of carbonyl (C=O) groups is 1. The van der Waals surface area contributed by atoms with E-state index in [9.17, 15) is 4.79 Å². The minimum atomic E-state index is -1.78. The van der Waals surface area contributed by atoms with Crippen molar-refractivity contribution in [2.45, 2.75) is 78.6 Å². The van der Waals surface area contributed by atoms with E-state index in [0.717, 1.165) is 12.8 Å². The summed E-state index contributed by atoms with van der Waals surface area (Å²) >= 11 is 0.